The average molecular weight is 348 g/mol. The molecular weight excluding hydrogens is 318 g/mol. The molecule has 0 aromatic heterocycles. The SMILES string of the molecule is CC(=O)N1CC[N+](C)(CC(C)(C)NC(=O)OCc2ccccc2)CC1. The van der Waals surface area contributed by atoms with Gasteiger partial charge in [0.1, 0.15) is 13.2 Å². The van der Waals surface area contributed by atoms with Gasteiger partial charge in [-0.25, -0.2) is 4.79 Å². The number of amides is 2. The van der Waals surface area contributed by atoms with Gasteiger partial charge in [-0.05, 0) is 19.4 Å². The maximum absolute atomic E-state index is 12.1. The van der Waals surface area contributed by atoms with Gasteiger partial charge in [0.05, 0.1) is 38.8 Å². The lowest BCUT2D eigenvalue weighted by molar-refractivity contribution is -0.916. The number of carbonyl (C=O) groups is 2. The first-order chi connectivity index (χ1) is 11.7. The predicted octanol–water partition coefficient (Wildman–Crippen LogP) is 2.00. The minimum Gasteiger partial charge on any atom is -0.445 e. The number of ether oxygens (including phenoxy) is 1. The van der Waals surface area contributed by atoms with Crippen molar-refractivity contribution in [2.24, 2.45) is 0 Å². The minimum absolute atomic E-state index is 0.133. The molecule has 0 atom stereocenters. The van der Waals surface area contributed by atoms with Crippen molar-refractivity contribution in [1.82, 2.24) is 10.2 Å². The van der Waals surface area contributed by atoms with Crippen LogP contribution in [0.3, 0.4) is 0 Å². The van der Waals surface area contributed by atoms with Crippen molar-refractivity contribution in [3.8, 4) is 0 Å². The zero-order valence-electron chi connectivity index (χ0n) is 15.7. The molecule has 1 fully saturated rings. The highest BCUT2D eigenvalue weighted by molar-refractivity contribution is 5.73. The largest absolute Gasteiger partial charge is 0.445 e. The number of nitrogens with one attached hydrogen (secondary N) is 1. The molecule has 1 saturated heterocycles. The molecule has 1 aromatic rings. The van der Waals surface area contributed by atoms with Crippen LogP contribution in [0.15, 0.2) is 30.3 Å². The molecule has 1 aromatic carbocycles. The Morgan fingerprint density at radius 2 is 1.80 bits per heavy atom. The van der Waals surface area contributed by atoms with Gasteiger partial charge < -0.3 is 19.4 Å². The molecule has 138 valence electrons. The number of hydrogen-bond donors (Lipinski definition) is 1. The molecule has 0 unspecified atom stereocenters. The molecule has 1 aliphatic rings. The second-order valence-corrected chi connectivity index (χ2v) is 7.80. The highest BCUT2D eigenvalue weighted by atomic mass is 16.5. The van der Waals surface area contributed by atoms with Crippen molar-refractivity contribution in [3.05, 3.63) is 35.9 Å². The van der Waals surface area contributed by atoms with Gasteiger partial charge >= 0.3 is 6.09 Å². The molecule has 1 N–H and O–H groups in total. The fraction of sp³-hybridized carbons (Fsp3) is 0.579. The van der Waals surface area contributed by atoms with Crippen molar-refractivity contribution in [1.29, 1.82) is 0 Å². The number of piperazine rings is 1. The maximum atomic E-state index is 12.1. The Bertz CT molecular complexity index is 593. The van der Waals surface area contributed by atoms with E-state index in [1.54, 1.807) is 6.92 Å². The van der Waals surface area contributed by atoms with Gasteiger partial charge in [0.15, 0.2) is 0 Å². The first kappa shape index (κ1) is 19.2. The predicted molar refractivity (Wildman–Crippen MR) is 96.9 cm³/mol. The summed E-state index contributed by atoms with van der Waals surface area (Å²) >= 11 is 0. The van der Waals surface area contributed by atoms with Crippen molar-refractivity contribution >= 4 is 12.0 Å². The first-order valence-corrected chi connectivity index (χ1v) is 8.77. The minimum atomic E-state index is -0.400. The van der Waals surface area contributed by atoms with E-state index in [0.717, 1.165) is 42.8 Å². The van der Waals surface area contributed by atoms with E-state index in [2.05, 4.69) is 12.4 Å². The van der Waals surface area contributed by atoms with Crippen molar-refractivity contribution < 1.29 is 18.8 Å². The van der Waals surface area contributed by atoms with Crippen LogP contribution >= 0.6 is 0 Å². The van der Waals surface area contributed by atoms with Crippen molar-refractivity contribution in [2.75, 3.05) is 39.8 Å². The Morgan fingerprint density at radius 1 is 1.20 bits per heavy atom. The Labute approximate surface area is 150 Å². The van der Waals surface area contributed by atoms with Crippen LogP contribution in [0.1, 0.15) is 26.3 Å². The first-order valence-electron chi connectivity index (χ1n) is 8.77. The zero-order chi connectivity index (χ0) is 18.5. The number of carbonyl (C=O) groups excluding carboxylic acids is 2. The Hall–Kier alpha value is -2.08. The Balaban J connectivity index is 1.82. The van der Waals surface area contributed by atoms with E-state index in [-0.39, 0.29) is 18.1 Å². The molecule has 1 aliphatic heterocycles. The molecule has 6 nitrogen and oxygen atoms in total. The molecule has 1 heterocycles. The van der Waals surface area contributed by atoms with E-state index < -0.39 is 6.09 Å². The number of likely N-dealkylation sites (N-methyl/N-ethyl adjacent to an activating group) is 1. The van der Waals surface area contributed by atoms with Crippen LogP contribution in [0.5, 0.6) is 0 Å². The van der Waals surface area contributed by atoms with Crippen molar-refractivity contribution in [2.45, 2.75) is 32.9 Å². The van der Waals surface area contributed by atoms with E-state index >= 15 is 0 Å². The maximum Gasteiger partial charge on any atom is 0.408 e. The smallest absolute Gasteiger partial charge is 0.408 e. The third-order valence-corrected chi connectivity index (χ3v) is 4.70. The molecule has 0 spiro atoms. The van der Waals surface area contributed by atoms with Gasteiger partial charge in [0.2, 0.25) is 5.91 Å². The molecule has 6 heteroatoms. The molecular formula is C19H30N3O3+. The monoisotopic (exact) mass is 348 g/mol. The zero-order valence-corrected chi connectivity index (χ0v) is 15.7. The van der Waals surface area contributed by atoms with Gasteiger partial charge in [-0.1, -0.05) is 30.3 Å². The van der Waals surface area contributed by atoms with Gasteiger partial charge in [0, 0.05) is 6.92 Å². The van der Waals surface area contributed by atoms with Gasteiger partial charge in [-0.3, -0.25) is 4.79 Å². The summed E-state index contributed by atoms with van der Waals surface area (Å²) in [5.41, 5.74) is 0.579. The number of quaternary nitrogens is 1. The standard InChI is InChI=1S/C19H29N3O3/c1-16(23)21-10-12-22(4,13-11-21)15-19(2,3)20-18(24)25-14-17-8-6-5-7-9-17/h5-9H,10-15H2,1-4H3/p+1. The van der Waals surface area contributed by atoms with Crippen molar-refractivity contribution in [3.63, 3.8) is 0 Å². The van der Waals surface area contributed by atoms with Crippen LogP contribution in [0, 0.1) is 0 Å². The summed E-state index contributed by atoms with van der Waals surface area (Å²) in [4.78, 5) is 25.5. The summed E-state index contributed by atoms with van der Waals surface area (Å²) < 4.78 is 6.15. The van der Waals surface area contributed by atoms with E-state index in [1.165, 1.54) is 0 Å². The Morgan fingerprint density at radius 3 is 2.36 bits per heavy atom. The van der Waals surface area contributed by atoms with Gasteiger partial charge in [-0.15, -0.1) is 0 Å². The van der Waals surface area contributed by atoms with Gasteiger partial charge in [0.25, 0.3) is 0 Å². The molecule has 2 rings (SSSR count). The molecule has 0 radical (unpaired) electrons. The molecule has 0 bridgehead atoms. The molecule has 0 saturated carbocycles. The number of nitrogens with zero attached hydrogens (tertiary/aromatic N) is 2. The second-order valence-electron chi connectivity index (χ2n) is 7.80. The summed E-state index contributed by atoms with van der Waals surface area (Å²) in [5.74, 6) is 0.133. The van der Waals surface area contributed by atoms with E-state index in [0.29, 0.717) is 0 Å². The average Bonchev–Trinajstić information content (AvgIpc) is 2.53. The molecule has 25 heavy (non-hydrogen) atoms. The van der Waals surface area contributed by atoms with E-state index in [1.807, 2.05) is 49.1 Å². The molecule has 2 amide bonds. The number of benzene rings is 1. The number of hydrogen-bond acceptors (Lipinski definition) is 3. The normalized spacial score (nSPS) is 17.0. The van der Waals surface area contributed by atoms with Crippen LogP contribution in [0.25, 0.3) is 0 Å². The lowest BCUT2D eigenvalue weighted by Gasteiger charge is -2.45. The highest BCUT2D eigenvalue weighted by Gasteiger charge is 2.36. The summed E-state index contributed by atoms with van der Waals surface area (Å²) in [6.07, 6.45) is -0.400. The lowest BCUT2D eigenvalue weighted by atomic mass is 10.0. The summed E-state index contributed by atoms with van der Waals surface area (Å²) in [7, 11) is 2.18. The third kappa shape index (κ3) is 6.05. The number of rotatable bonds is 5. The lowest BCUT2D eigenvalue weighted by Crippen LogP contribution is -2.64. The summed E-state index contributed by atoms with van der Waals surface area (Å²) in [5, 5.41) is 2.98. The van der Waals surface area contributed by atoms with Crippen LogP contribution in [-0.4, -0.2) is 66.7 Å². The summed E-state index contributed by atoms with van der Waals surface area (Å²) in [6.45, 7) is 10.0. The second kappa shape index (κ2) is 7.87. The van der Waals surface area contributed by atoms with Crippen LogP contribution < -0.4 is 5.32 Å². The summed E-state index contributed by atoms with van der Waals surface area (Å²) in [6, 6.07) is 9.64. The molecule has 0 aliphatic carbocycles. The van der Waals surface area contributed by atoms with Gasteiger partial charge in [-0.2, -0.15) is 0 Å². The van der Waals surface area contributed by atoms with Crippen LogP contribution in [0.4, 0.5) is 4.79 Å². The quantitative estimate of drug-likeness (QED) is 0.828. The topological polar surface area (TPSA) is 58.6 Å². The fourth-order valence-electron chi connectivity index (χ4n) is 3.45. The number of alkyl carbamates (subject to hydrolysis) is 1. The van der Waals surface area contributed by atoms with Crippen LogP contribution in [0.2, 0.25) is 0 Å². The Kier molecular flexibility index (Phi) is 6.06. The van der Waals surface area contributed by atoms with E-state index in [4.69, 9.17) is 4.74 Å². The van der Waals surface area contributed by atoms with Crippen LogP contribution in [-0.2, 0) is 16.1 Å². The van der Waals surface area contributed by atoms with E-state index in [9.17, 15) is 9.59 Å². The highest BCUT2D eigenvalue weighted by Crippen LogP contribution is 2.16. The third-order valence-electron chi connectivity index (χ3n) is 4.70. The fourth-order valence-corrected chi connectivity index (χ4v) is 3.45.